The fourth-order valence-electron chi connectivity index (χ4n) is 2.58. The number of aromatic nitrogens is 1. The molecular weight excluding hydrogens is 268 g/mol. The maximum Gasteiger partial charge on any atom is 0.0989 e. The van der Waals surface area contributed by atoms with Gasteiger partial charge < -0.3 is 10.1 Å². The minimum Gasteiger partial charge on any atom is -0.381 e. The van der Waals surface area contributed by atoms with E-state index in [2.05, 4.69) is 29.6 Å². The summed E-state index contributed by atoms with van der Waals surface area (Å²) in [7, 11) is 1.98. The minimum atomic E-state index is 0.474. The SMILES string of the molecule is CNCc1sc(C2CCCOC2)nc1-c1ccccc1. The summed E-state index contributed by atoms with van der Waals surface area (Å²) in [5.41, 5.74) is 2.34. The van der Waals surface area contributed by atoms with Crippen LogP contribution in [0.1, 0.15) is 28.6 Å². The summed E-state index contributed by atoms with van der Waals surface area (Å²) in [5.74, 6) is 0.474. The van der Waals surface area contributed by atoms with Crippen molar-refractivity contribution in [2.75, 3.05) is 20.3 Å². The molecule has 106 valence electrons. The van der Waals surface area contributed by atoms with E-state index < -0.39 is 0 Å². The first kappa shape index (κ1) is 13.7. The Labute approximate surface area is 124 Å². The Hall–Kier alpha value is -1.23. The van der Waals surface area contributed by atoms with Crippen LogP contribution in [-0.2, 0) is 11.3 Å². The molecule has 1 aliphatic heterocycles. The second-order valence-corrected chi connectivity index (χ2v) is 6.25. The molecule has 2 heterocycles. The zero-order valence-electron chi connectivity index (χ0n) is 11.8. The number of benzene rings is 1. The van der Waals surface area contributed by atoms with Crippen molar-refractivity contribution in [3.05, 3.63) is 40.2 Å². The molecule has 0 saturated carbocycles. The van der Waals surface area contributed by atoms with E-state index in [1.54, 1.807) is 0 Å². The highest BCUT2D eigenvalue weighted by Crippen LogP contribution is 2.34. The van der Waals surface area contributed by atoms with E-state index in [1.165, 1.54) is 21.9 Å². The highest BCUT2D eigenvalue weighted by molar-refractivity contribution is 7.12. The molecule has 1 saturated heterocycles. The van der Waals surface area contributed by atoms with Crippen LogP contribution < -0.4 is 5.32 Å². The summed E-state index contributed by atoms with van der Waals surface area (Å²) in [5, 5.41) is 4.48. The van der Waals surface area contributed by atoms with Gasteiger partial charge in [0.1, 0.15) is 0 Å². The third-order valence-electron chi connectivity index (χ3n) is 3.61. The number of nitrogens with zero attached hydrogens (tertiary/aromatic N) is 1. The maximum absolute atomic E-state index is 5.60. The van der Waals surface area contributed by atoms with Crippen molar-refractivity contribution >= 4 is 11.3 Å². The Bertz CT molecular complexity index is 547. The Morgan fingerprint density at radius 3 is 2.90 bits per heavy atom. The van der Waals surface area contributed by atoms with E-state index in [9.17, 15) is 0 Å². The molecule has 0 spiro atoms. The van der Waals surface area contributed by atoms with Gasteiger partial charge >= 0.3 is 0 Å². The zero-order valence-corrected chi connectivity index (χ0v) is 12.6. The third kappa shape index (κ3) is 2.92. The van der Waals surface area contributed by atoms with Crippen LogP contribution in [0, 0.1) is 0 Å². The lowest BCUT2D eigenvalue weighted by atomic mass is 10.0. The number of thiazole rings is 1. The van der Waals surface area contributed by atoms with Crippen molar-refractivity contribution in [1.82, 2.24) is 10.3 Å². The Kier molecular flexibility index (Phi) is 4.45. The lowest BCUT2D eigenvalue weighted by Gasteiger charge is -2.19. The maximum atomic E-state index is 5.60. The standard InChI is InChI=1S/C16H20N2OS/c1-17-10-14-15(12-6-3-2-4-7-12)18-16(20-14)13-8-5-9-19-11-13/h2-4,6-7,13,17H,5,8-11H2,1H3. The van der Waals surface area contributed by atoms with Crippen LogP contribution in [0.15, 0.2) is 30.3 Å². The summed E-state index contributed by atoms with van der Waals surface area (Å²) in [6, 6.07) is 10.5. The van der Waals surface area contributed by atoms with Gasteiger partial charge in [-0.3, -0.25) is 0 Å². The van der Waals surface area contributed by atoms with Gasteiger partial charge in [-0.15, -0.1) is 11.3 Å². The van der Waals surface area contributed by atoms with Gasteiger partial charge in [-0.2, -0.15) is 0 Å². The van der Waals surface area contributed by atoms with Crippen molar-refractivity contribution < 1.29 is 4.74 Å². The molecular formula is C16H20N2OS. The normalized spacial score (nSPS) is 19.1. The number of ether oxygens (including phenoxy) is 1. The molecule has 0 radical (unpaired) electrons. The van der Waals surface area contributed by atoms with E-state index in [0.717, 1.165) is 31.9 Å². The molecule has 1 unspecified atom stereocenters. The lowest BCUT2D eigenvalue weighted by molar-refractivity contribution is 0.0804. The molecule has 1 aromatic heterocycles. The predicted octanol–water partition coefficient (Wildman–Crippen LogP) is 3.42. The fraction of sp³-hybridized carbons (Fsp3) is 0.438. The predicted molar refractivity (Wildman–Crippen MR) is 83.1 cm³/mol. The van der Waals surface area contributed by atoms with E-state index >= 15 is 0 Å². The molecule has 0 amide bonds. The topological polar surface area (TPSA) is 34.1 Å². The molecule has 0 bridgehead atoms. The first-order chi connectivity index (χ1) is 9.88. The molecule has 1 N–H and O–H groups in total. The smallest absolute Gasteiger partial charge is 0.0989 e. The Balaban J connectivity index is 1.93. The largest absolute Gasteiger partial charge is 0.381 e. The number of rotatable bonds is 4. The second kappa shape index (κ2) is 6.48. The van der Waals surface area contributed by atoms with Gasteiger partial charge in [-0.1, -0.05) is 30.3 Å². The van der Waals surface area contributed by atoms with Crippen LogP contribution in [0.4, 0.5) is 0 Å². The fourth-order valence-corrected chi connectivity index (χ4v) is 3.80. The third-order valence-corrected chi connectivity index (χ3v) is 4.83. The molecule has 1 aliphatic rings. The van der Waals surface area contributed by atoms with E-state index in [0.29, 0.717) is 5.92 Å². The molecule has 3 rings (SSSR count). The molecule has 1 atom stereocenters. The van der Waals surface area contributed by atoms with Crippen molar-refractivity contribution in [2.45, 2.75) is 25.3 Å². The van der Waals surface area contributed by atoms with Gasteiger partial charge in [0.15, 0.2) is 0 Å². The Morgan fingerprint density at radius 1 is 1.35 bits per heavy atom. The van der Waals surface area contributed by atoms with E-state index in [1.807, 2.05) is 24.5 Å². The van der Waals surface area contributed by atoms with Gasteiger partial charge in [-0.05, 0) is 19.9 Å². The van der Waals surface area contributed by atoms with Gasteiger partial charge in [0, 0.05) is 29.5 Å². The summed E-state index contributed by atoms with van der Waals surface area (Å²) in [4.78, 5) is 6.24. The molecule has 1 aromatic carbocycles. The summed E-state index contributed by atoms with van der Waals surface area (Å²) >= 11 is 1.83. The van der Waals surface area contributed by atoms with Crippen molar-refractivity contribution in [3.8, 4) is 11.3 Å². The van der Waals surface area contributed by atoms with Crippen LogP contribution in [0.25, 0.3) is 11.3 Å². The second-order valence-electron chi connectivity index (χ2n) is 5.13. The summed E-state index contributed by atoms with van der Waals surface area (Å²) in [6.45, 7) is 2.59. The first-order valence-corrected chi connectivity index (χ1v) is 7.97. The Morgan fingerprint density at radius 2 is 2.20 bits per heavy atom. The average Bonchev–Trinajstić information content (AvgIpc) is 2.94. The highest BCUT2D eigenvalue weighted by atomic mass is 32.1. The number of nitrogens with one attached hydrogen (secondary N) is 1. The van der Waals surface area contributed by atoms with Crippen LogP contribution in [0.3, 0.4) is 0 Å². The first-order valence-electron chi connectivity index (χ1n) is 7.16. The van der Waals surface area contributed by atoms with Crippen molar-refractivity contribution in [2.24, 2.45) is 0 Å². The van der Waals surface area contributed by atoms with Crippen LogP contribution >= 0.6 is 11.3 Å². The molecule has 2 aromatic rings. The van der Waals surface area contributed by atoms with Crippen LogP contribution in [0.2, 0.25) is 0 Å². The molecule has 0 aliphatic carbocycles. The van der Waals surface area contributed by atoms with Crippen molar-refractivity contribution in [3.63, 3.8) is 0 Å². The quantitative estimate of drug-likeness (QED) is 0.936. The monoisotopic (exact) mass is 288 g/mol. The average molecular weight is 288 g/mol. The molecule has 4 heteroatoms. The van der Waals surface area contributed by atoms with Crippen LogP contribution in [-0.4, -0.2) is 25.2 Å². The van der Waals surface area contributed by atoms with Crippen LogP contribution in [0.5, 0.6) is 0 Å². The lowest BCUT2D eigenvalue weighted by Crippen LogP contribution is -2.15. The minimum absolute atomic E-state index is 0.474. The summed E-state index contributed by atoms with van der Waals surface area (Å²) in [6.07, 6.45) is 2.34. The molecule has 3 nitrogen and oxygen atoms in total. The van der Waals surface area contributed by atoms with Crippen molar-refractivity contribution in [1.29, 1.82) is 0 Å². The van der Waals surface area contributed by atoms with E-state index in [-0.39, 0.29) is 0 Å². The number of hydrogen-bond donors (Lipinski definition) is 1. The molecule has 20 heavy (non-hydrogen) atoms. The zero-order chi connectivity index (χ0) is 13.8. The molecule has 1 fully saturated rings. The highest BCUT2D eigenvalue weighted by Gasteiger charge is 2.22. The van der Waals surface area contributed by atoms with Gasteiger partial charge in [0.05, 0.1) is 17.3 Å². The van der Waals surface area contributed by atoms with Gasteiger partial charge in [-0.25, -0.2) is 4.98 Å². The summed E-state index contributed by atoms with van der Waals surface area (Å²) < 4.78 is 5.60. The number of hydrogen-bond acceptors (Lipinski definition) is 4. The van der Waals surface area contributed by atoms with Gasteiger partial charge in [0.2, 0.25) is 0 Å². The van der Waals surface area contributed by atoms with Gasteiger partial charge in [0.25, 0.3) is 0 Å². The van der Waals surface area contributed by atoms with E-state index in [4.69, 9.17) is 9.72 Å².